The Morgan fingerprint density at radius 1 is 1.29 bits per heavy atom. The van der Waals surface area contributed by atoms with Gasteiger partial charge in [-0.3, -0.25) is 4.90 Å². The molecule has 170 valence electrons. The number of carboxylic acids is 1. The molecule has 0 aliphatic carbocycles. The number of piperidine rings is 1. The average molecular weight is 452 g/mol. The van der Waals surface area contributed by atoms with Crippen LogP contribution in [0.5, 0.6) is 0 Å². The smallest absolute Gasteiger partial charge is 0.478 e. The predicted molar refractivity (Wildman–Crippen MR) is 117 cm³/mol. The minimum absolute atomic E-state index is 0.0470. The summed E-state index contributed by atoms with van der Waals surface area (Å²) in [5.41, 5.74) is 2.43. The summed E-state index contributed by atoms with van der Waals surface area (Å²) in [5.74, 6) is -1.41. The maximum atomic E-state index is 12.6. The van der Waals surface area contributed by atoms with Gasteiger partial charge in [0.05, 0.1) is 13.2 Å². The number of rotatable bonds is 8. The van der Waals surface area contributed by atoms with Crippen molar-refractivity contribution >= 4 is 29.9 Å². The normalized spacial score (nSPS) is 19.1. The average Bonchev–Trinajstić information content (AvgIpc) is 2.70. The lowest BCUT2D eigenvalue weighted by atomic mass is 9.95. The largest absolute Gasteiger partial charge is 0.509 e. The Hall–Kier alpha value is -2.52. The molecule has 1 fully saturated rings. The van der Waals surface area contributed by atoms with Crippen LogP contribution >= 0.6 is 11.8 Å². The third kappa shape index (κ3) is 7.29. The number of thioether (sulfide) groups is 1. The monoisotopic (exact) mass is 451 g/mol. The van der Waals surface area contributed by atoms with Crippen molar-refractivity contribution in [1.29, 1.82) is 0 Å². The second kappa shape index (κ2) is 11.8. The van der Waals surface area contributed by atoms with Gasteiger partial charge < -0.3 is 19.3 Å². The van der Waals surface area contributed by atoms with E-state index < -0.39 is 24.1 Å². The lowest BCUT2D eigenvalue weighted by Gasteiger charge is -2.38. The molecule has 0 radical (unpaired) electrons. The lowest BCUT2D eigenvalue weighted by molar-refractivity contribution is -0.147. The van der Waals surface area contributed by atoms with Gasteiger partial charge in [0.2, 0.25) is 0 Å². The zero-order valence-electron chi connectivity index (χ0n) is 18.2. The summed E-state index contributed by atoms with van der Waals surface area (Å²) in [5, 5.41) is 9.18. The van der Waals surface area contributed by atoms with Crippen molar-refractivity contribution in [2.24, 2.45) is 0 Å². The molecule has 1 aliphatic rings. The first kappa shape index (κ1) is 24.7. The number of aryl methyl sites for hydroxylation is 1. The molecule has 2 atom stereocenters. The van der Waals surface area contributed by atoms with E-state index in [2.05, 4.69) is 0 Å². The Labute approximate surface area is 186 Å². The molecule has 1 aromatic rings. The van der Waals surface area contributed by atoms with Crippen molar-refractivity contribution in [2.75, 3.05) is 26.1 Å². The molecule has 0 saturated carbocycles. The van der Waals surface area contributed by atoms with E-state index in [9.17, 15) is 19.5 Å². The van der Waals surface area contributed by atoms with Crippen LogP contribution in [-0.2, 0) is 23.8 Å². The highest BCUT2D eigenvalue weighted by molar-refractivity contribution is 7.99. The van der Waals surface area contributed by atoms with Crippen LogP contribution in [0.15, 0.2) is 35.9 Å². The van der Waals surface area contributed by atoms with E-state index in [1.807, 2.05) is 36.1 Å². The Bertz CT molecular complexity index is 824. The van der Waals surface area contributed by atoms with Crippen molar-refractivity contribution < 1.29 is 33.7 Å². The van der Waals surface area contributed by atoms with Crippen LogP contribution < -0.4 is 0 Å². The van der Waals surface area contributed by atoms with Gasteiger partial charge in [-0.2, -0.15) is 0 Å². The quantitative estimate of drug-likeness (QED) is 0.361. The number of likely N-dealkylation sites (tertiary alicyclic amines) is 1. The molecular weight excluding hydrogens is 422 g/mol. The van der Waals surface area contributed by atoms with Gasteiger partial charge in [-0.1, -0.05) is 24.3 Å². The summed E-state index contributed by atoms with van der Waals surface area (Å²) in [4.78, 5) is 37.5. The van der Waals surface area contributed by atoms with Crippen molar-refractivity contribution in [3.63, 3.8) is 0 Å². The Balaban J connectivity index is 2.15. The number of hydrogen-bond acceptors (Lipinski definition) is 8. The number of aliphatic carboxylic acids is 1. The summed E-state index contributed by atoms with van der Waals surface area (Å²) in [7, 11) is 1.35. The minimum Gasteiger partial charge on any atom is -0.478 e. The topological polar surface area (TPSA) is 102 Å². The van der Waals surface area contributed by atoms with Crippen LogP contribution in [0.2, 0.25) is 0 Å². The third-order valence-electron chi connectivity index (χ3n) is 4.84. The lowest BCUT2D eigenvalue weighted by Crippen LogP contribution is -2.43. The van der Waals surface area contributed by atoms with Gasteiger partial charge in [0.15, 0.2) is 0 Å². The van der Waals surface area contributed by atoms with Gasteiger partial charge >= 0.3 is 18.1 Å². The Kier molecular flexibility index (Phi) is 9.39. The number of nitrogens with zero attached hydrogens (tertiary/aromatic N) is 1. The highest BCUT2D eigenvalue weighted by Crippen LogP contribution is 2.34. The fourth-order valence-corrected chi connectivity index (χ4v) is 4.42. The van der Waals surface area contributed by atoms with Crippen LogP contribution in [0.25, 0.3) is 0 Å². The maximum Gasteiger partial charge on any atom is 0.509 e. The number of esters is 1. The van der Waals surface area contributed by atoms with Crippen molar-refractivity contribution in [3.8, 4) is 0 Å². The van der Waals surface area contributed by atoms with E-state index in [0.717, 1.165) is 11.1 Å². The number of benzene rings is 1. The van der Waals surface area contributed by atoms with E-state index in [0.29, 0.717) is 18.5 Å². The van der Waals surface area contributed by atoms with Crippen LogP contribution in [0.3, 0.4) is 0 Å². The molecule has 1 N–H and O–H groups in total. The molecule has 1 unspecified atom stereocenters. The highest BCUT2D eigenvalue weighted by Gasteiger charge is 2.35. The summed E-state index contributed by atoms with van der Waals surface area (Å²) in [6.45, 7) is 6.22. The highest BCUT2D eigenvalue weighted by atomic mass is 32.2. The second-order valence-corrected chi connectivity index (χ2v) is 8.57. The first-order chi connectivity index (χ1) is 14.7. The number of carbonyl (C=O) groups is 3. The summed E-state index contributed by atoms with van der Waals surface area (Å²) in [6.07, 6.45) is 0.725. The second-order valence-electron chi connectivity index (χ2n) is 7.43. The van der Waals surface area contributed by atoms with Crippen molar-refractivity contribution in [1.82, 2.24) is 4.90 Å². The fourth-order valence-electron chi connectivity index (χ4n) is 3.46. The molecule has 1 aromatic carbocycles. The van der Waals surface area contributed by atoms with E-state index in [1.165, 1.54) is 24.9 Å². The molecule has 0 bridgehead atoms. The fraction of sp³-hybridized carbons (Fsp3) is 0.500. The third-order valence-corrected chi connectivity index (χ3v) is 6.03. The molecule has 0 amide bonds. The minimum atomic E-state index is -1.06. The summed E-state index contributed by atoms with van der Waals surface area (Å²) in [6, 6.07) is 6.94. The summed E-state index contributed by atoms with van der Waals surface area (Å²) < 4.78 is 15.0. The molecule has 1 aliphatic heterocycles. The molecule has 9 heteroatoms. The molecule has 1 heterocycles. The molecule has 0 aromatic heterocycles. The molecule has 31 heavy (non-hydrogen) atoms. The number of methoxy groups -OCH3 is 1. The zero-order valence-corrected chi connectivity index (χ0v) is 19.0. The van der Waals surface area contributed by atoms with E-state index in [1.54, 1.807) is 13.8 Å². The number of carboxylic acid groups (broad SMARTS) is 1. The predicted octanol–water partition coefficient (Wildman–Crippen LogP) is 3.55. The van der Waals surface area contributed by atoms with Gasteiger partial charge in [-0.05, 0) is 43.9 Å². The van der Waals surface area contributed by atoms with Crippen LogP contribution in [0, 0.1) is 6.92 Å². The molecule has 0 spiro atoms. The van der Waals surface area contributed by atoms with Gasteiger partial charge in [0.1, 0.15) is 12.0 Å². The maximum absolute atomic E-state index is 12.6. The Morgan fingerprint density at radius 2 is 2.00 bits per heavy atom. The van der Waals surface area contributed by atoms with Crippen molar-refractivity contribution in [2.45, 2.75) is 44.6 Å². The van der Waals surface area contributed by atoms with Gasteiger partial charge in [0, 0.05) is 24.4 Å². The standard InChI is InChI=1S/C22H29NO7S/c1-14(2)30-22(27)29-13-31-18-9-10-23(12-16(18)11-19(24)25)20(21(26)28-4)17-8-6-5-7-15(17)3/h5-8,11,14,18,20H,9-10,12-13H2,1-4H3,(H,24,25)/b16-11-/t18?,20-/m0/s1. The van der Waals surface area contributed by atoms with Crippen LogP contribution in [0.4, 0.5) is 4.79 Å². The molecule has 8 nitrogen and oxygen atoms in total. The van der Waals surface area contributed by atoms with Crippen LogP contribution in [0.1, 0.15) is 37.4 Å². The molecular formula is C22H29NO7S. The number of ether oxygens (including phenoxy) is 3. The van der Waals surface area contributed by atoms with E-state index in [-0.39, 0.29) is 23.8 Å². The van der Waals surface area contributed by atoms with E-state index in [4.69, 9.17) is 14.2 Å². The van der Waals surface area contributed by atoms with Gasteiger partial charge in [0.25, 0.3) is 0 Å². The first-order valence-electron chi connectivity index (χ1n) is 9.98. The molecule has 1 saturated heterocycles. The van der Waals surface area contributed by atoms with Crippen LogP contribution in [-0.4, -0.2) is 65.6 Å². The Morgan fingerprint density at radius 3 is 2.61 bits per heavy atom. The zero-order chi connectivity index (χ0) is 23.0. The van der Waals surface area contributed by atoms with Gasteiger partial charge in [-0.25, -0.2) is 14.4 Å². The first-order valence-corrected chi connectivity index (χ1v) is 11.0. The van der Waals surface area contributed by atoms with Gasteiger partial charge in [-0.15, -0.1) is 11.8 Å². The van der Waals surface area contributed by atoms with Crippen molar-refractivity contribution in [3.05, 3.63) is 47.0 Å². The van der Waals surface area contributed by atoms with E-state index >= 15 is 0 Å². The SMILES string of the molecule is COC(=O)[C@H](c1ccccc1C)N1CCC(SCOC(=O)OC(C)C)/C(=C\C(=O)O)C1. The summed E-state index contributed by atoms with van der Waals surface area (Å²) >= 11 is 1.33. The molecule has 2 rings (SSSR count). The number of carbonyl (C=O) groups excluding carboxylic acids is 2. The number of hydrogen-bond donors (Lipinski definition) is 1.